The van der Waals surface area contributed by atoms with E-state index in [0.717, 1.165) is 5.56 Å². The number of halogens is 4. The van der Waals surface area contributed by atoms with E-state index in [-0.39, 0.29) is 5.78 Å². The number of carbonyl (C=O) groups is 1. The molecule has 0 fully saturated rings. The highest BCUT2D eigenvalue weighted by molar-refractivity contribution is 9.08. The van der Waals surface area contributed by atoms with Crippen LogP contribution >= 0.6 is 50.7 Å². The molecular weight excluding hydrogens is 370 g/mol. The predicted octanol–water partition coefficient (Wildman–Crippen LogP) is 5.77. The summed E-state index contributed by atoms with van der Waals surface area (Å²) >= 11 is 21.3. The number of hydrogen-bond donors (Lipinski definition) is 0. The summed E-state index contributed by atoms with van der Waals surface area (Å²) in [7, 11) is 0. The van der Waals surface area contributed by atoms with Crippen LogP contribution in [-0.2, 0) is 5.33 Å². The van der Waals surface area contributed by atoms with Crippen molar-refractivity contribution < 1.29 is 4.79 Å². The van der Waals surface area contributed by atoms with Crippen LogP contribution in [0, 0.1) is 0 Å². The van der Waals surface area contributed by atoms with Crippen LogP contribution in [0.25, 0.3) is 0 Å². The molecule has 5 heteroatoms. The molecule has 0 N–H and O–H groups in total. The largest absolute Gasteiger partial charge is 0.288 e. The van der Waals surface area contributed by atoms with Gasteiger partial charge in [0.15, 0.2) is 5.78 Å². The standard InChI is InChI=1S/C14H8BrCl3O/c15-7-8-1-3-10(12(17)5-8)14(19)11-4-2-9(16)6-13(11)18/h1-6H,7H2. The van der Waals surface area contributed by atoms with Crippen LogP contribution in [0.1, 0.15) is 21.5 Å². The zero-order valence-corrected chi connectivity index (χ0v) is 13.4. The monoisotopic (exact) mass is 376 g/mol. The fourth-order valence-electron chi connectivity index (χ4n) is 1.64. The highest BCUT2D eigenvalue weighted by Crippen LogP contribution is 2.27. The van der Waals surface area contributed by atoms with E-state index in [1.54, 1.807) is 24.3 Å². The molecule has 0 bridgehead atoms. The molecule has 0 heterocycles. The van der Waals surface area contributed by atoms with Gasteiger partial charge in [-0.05, 0) is 35.9 Å². The molecule has 2 aromatic carbocycles. The molecule has 0 aliphatic rings. The van der Waals surface area contributed by atoms with Gasteiger partial charge < -0.3 is 0 Å². The third-order valence-electron chi connectivity index (χ3n) is 2.61. The lowest BCUT2D eigenvalue weighted by molar-refractivity contribution is 0.103. The Hall–Kier alpha value is -0.540. The summed E-state index contributed by atoms with van der Waals surface area (Å²) in [4.78, 5) is 12.4. The van der Waals surface area contributed by atoms with Gasteiger partial charge in [-0.15, -0.1) is 0 Å². The minimum Gasteiger partial charge on any atom is -0.288 e. The second kappa shape index (κ2) is 6.27. The van der Waals surface area contributed by atoms with E-state index in [1.165, 1.54) is 6.07 Å². The maximum atomic E-state index is 12.4. The Kier molecular flexibility index (Phi) is 4.91. The second-order valence-corrected chi connectivity index (χ2v) is 5.71. The molecule has 98 valence electrons. The van der Waals surface area contributed by atoms with E-state index in [9.17, 15) is 4.79 Å². The molecule has 0 saturated heterocycles. The minimum absolute atomic E-state index is 0.215. The number of benzene rings is 2. The number of hydrogen-bond acceptors (Lipinski definition) is 1. The fourth-order valence-corrected chi connectivity index (χ4v) is 2.78. The topological polar surface area (TPSA) is 17.1 Å². The summed E-state index contributed by atoms with van der Waals surface area (Å²) in [6.45, 7) is 0. The summed E-state index contributed by atoms with van der Waals surface area (Å²) in [5.74, 6) is -0.215. The van der Waals surface area contributed by atoms with Crippen molar-refractivity contribution in [1.29, 1.82) is 0 Å². The zero-order chi connectivity index (χ0) is 14.0. The van der Waals surface area contributed by atoms with Crippen molar-refractivity contribution in [2.75, 3.05) is 0 Å². The van der Waals surface area contributed by atoms with Crippen LogP contribution < -0.4 is 0 Å². The van der Waals surface area contributed by atoms with Crippen LogP contribution in [0.2, 0.25) is 15.1 Å². The highest BCUT2D eigenvalue weighted by Gasteiger charge is 2.16. The Morgan fingerprint density at radius 1 is 0.947 bits per heavy atom. The van der Waals surface area contributed by atoms with Gasteiger partial charge in [0.05, 0.1) is 10.0 Å². The van der Waals surface area contributed by atoms with E-state index < -0.39 is 0 Å². The van der Waals surface area contributed by atoms with Gasteiger partial charge in [0.2, 0.25) is 0 Å². The smallest absolute Gasteiger partial charge is 0.196 e. The van der Waals surface area contributed by atoms with Crippen LogP contribution in [0.15, 0.2) is 36.4 Å². The van der Waals surface area contributed by atoms with Gasteiger partial charge in [0.25, 0.3) is 0 Å². The molecule has 0 aliphatic carbocycles. The van der Waals surface area contributed by atoms with Crippen molar-refractivity contribution in [3.63, 3.8) is 0 Å². The van der Waals surface area contributed by atoms with Crippen molar-refractivity contribution in [3.05, 3.63) is 68.2 Å². The van der Waals surface area contributed by atoms with Gasteiger partial charge in [-0.2, -0.15) is 0 Å². The van der Waals surface area contributed by atoms with Crippen LogP contribution in [0.5, 0.6) is 0 Å². The summed E-state index contributed by atoms with van der Waals surface area (Å²) in [5, 5.41) is 1.90. The first-order valence-corrected chi connectivity index (χ1v) is 7.62. The molecule has 2 rings (SSSR count). The minimum atomic E-state index is -0.215. The summed E-state index contributed by atoms with van der Waals surface area (Å²) in [5.41, 5.74) is 1.82. The van der Waals surface area contributed by atoms with Gasteiger partial charge in [-0.3, -0.25) is 4.79 Å². The van der Waals surface area contributed by atoms with Crippen molar-refractivity contribution in [1.82, 2.24) is 0 Å². The van der Waals surface area contributed by atoms with Gasteiger partial charge in [-0.25, -0.2) is 0 Å². The molecular formula is C14H8BrCl3O. The van der Waals surface area contributed by atoms with Gasteiger partial charge >= 0.3 is 0 Å². The van der Waals surface area contributed by atoms with Crippen LogP contribution in [-0.4, -0.2) is 5.78 Å². The van der Waals surface area contributed by atoms with E-state index in [2.05, 4.69) is 15.9 Å². The van der Waals surface area contributed by atoms with E-state index in [4.69, 9.17) is 34.8 Å². The first kappa shape index (κ1) is 14.9. The average Bonchev–Trinajstić information content (AvgIpc) is 2.37. The summed E-state index contributed by atoms with van der Waals surface area (Å²) < 4.78 is 0. The Bertz CT molecular complexity index is 641. The van der Waals surface area contributed by atoms with Crippen molar-refractivity contribution >= 4 is 56.5 Å². The lowest BCUT2D eigenvalue weighted by atomic mass is 10.0. The molecule has 0 unspecified atom stereocenters. The molecule has 1 nitrogen and oxygen atoms in total. The number of alkyl halides is 1. The quantitative estimate of drug-likeness (QED) is 0.489. The Balaban J connectivity index is 2.44. The first-order valence-electron chi connectivity index (χ1n) is 5.37. The number of carbonyl (C=O) groups excluding carboxylic acids is 1. The Morgan fingerprint density at radius 2 is 1.53 bits per heavy atom. The van der Waals surface area contributed by atoms with Gasteiger partial charge in [0, 0.05) is 21.5 Å². The summed E-state index contributed by atoms with van der Waals surface area (Å²) in [6, 6.07) is 10.1. The summed E-state index contributed by atoms with van der Waals surface area (Å²) in [6.07, 6.45) is 0. The molecule has 0 aromatic heterocycles. The maximum Gasteiger partial charge on any atom is 0.196 e. The van der Waals surface area contributed by atoms with Crippen molar-refractivity contribution in [2.24, 2.45) is 0 Å². The first-order chi connectivity index (χ1) is 9.02. The molecule has 0 atom stereocenters. The highest BCUT2D eigenvalue weighted by atomic mass is 79.9. The molecule has 0 saturated carbocycles. The number of rotatable bonds is 3. The maximum absolute atomic E-state index is 12.4. The Labute approximate surface area is 134 Å². The average molecular weight is 378 g/mol. The van der Waals surface area contributed by atoms with Crippen molar-refractivity contribution in [3.8, 4) is 0 Å². The lowest BCUT2D eigenvalue weighted by Gasteiger charge is -2.07. The van der Waals surface area contributed by atoms with Crippen LogP contribution in [0.4, 0.5) is 0 Å². The lowest BCUT2D eigenvalue weighted by Crippen LogP contribution is -2.03. The van der Waals surface area contributed by atoms with E-state index in [0.29, 0.717) is 31.5 Å². The molecule has 0 radical (unpaired) electrons. The zero-order valence-electron chi connectivity index (χ0n) is 9.59. The number of ketones is 1. The third kappa shape index (κ3) is 3.32. The van der Waals surface area contributed by atoms with E-state index >= 15 is 0 Å². The molecule has 0 amide bonds. The molecule has 0 spiro atoms. The Morgan fingerprint density at radius 3 is 2.05 bits per heavy atom. The SMILES string of the molecule is O=C(c1ccc(Cl)cc1Cl)c1ccc(CBr)cc1Cl. The van der Waals surface area contributed by atoms with Gasteiger partial charge in [0.1, 0.15) is 0 Å². The fraction of sp³-hybridized carbons (Fsp3) is 0.0714. The normalized spacial score (nSPS) is 10.5. The van der Waals surface area contributed by atoms with Gasteiger partial charge in [-0.1, -0.05) is 56.8 Å². The van der Waals surface area contributed by atoms with Crippen molar-refractivity contribution in [2.45, 2.75) is 5.33 Å². The van der Waals surface area contributed by atoms with E-state index in [1.807, 2.05) is 6.07 Å². The predicted molar refractivity (Wildman–Crippen MR) is 84.0 cm³/mol. The third-order valence-corrected chi connectivity index (χ3v) is 4.12. The second-order valence-electron chi connectivity index (χ2n) is 3.90. The molecule has 19 heavy (non-hydrogen) atoms. The van der Waals surface area contributed by atoms with Crippen LogP contribution in [0.3, 0.4) is 0 Å². The molecule has 2 aromatic rings. The molecule has 0 aliphatic heterocycles.